The van der Waals surface area contributed by atoms with Crippen LogP contribution in [0.3, 0.4) is 0 Å². The minimum absolute atomic E-state index is 0.129. The van der Waals surface area contributed by atoms with Crippen LogP contribution in [-0.2, 0) is 17.9 Å². The maximum absolute atomic E-state index is 13.5. The van der Waals surface area contributed by atoms with Gasteiger partial charge in [-0.15, -0.1) is 0 Å². The van der Waals surface area contributed by atoms with Crippen molar-refractivity contribution in [2.45, 2.75) is 31.9 Å². The van der Waals surface area contributed by atoms with Crippen LogP contribution in [0, 0.1) is 5.41 Å². The molecule has 8 nitrogen and oxygen atoms in total. The summed E-state index contributed by atoms with van der Waals surface area (Å²) in [7, 11) is 7.64. The number of piperidine rings is 1. The van der Waals surface area contributed by atoms with E-state index in [-0.39, 0.29) is 18.6 Å². The van der Waals surface area contributed by atoms with E-state index in [0.717, 1.165) is 28.1 Å². The maximum atomic E-state index is 13.5. The van der Waals surface area contributed by atoms with E-state index in [2.05, 4.69) is 15.3 Å². The summed E-state index contributed by atoms with van der Waals surface area (Å²) in [5.74, 6) is -3.12. The second-order valence-corrected chi connectivity index (χ2v) is 10.4. The molecule has 1 saturated heterocycles. The van der Waals surface area contributed by atoms with Crippen LogP contribution in [0.2, 0.25) is 0 Å². The summed E-state index contributed by atoms with van der Waals surface area (Å²) in [6.07, 6.45) is 4.81. The van der Waals surface area contributed by atoms with E-state index in [0.29, 0.717) is 37.4 Å². The minimum Gasteiger partial charge on any atom is -0.377 e. The predicted molar refractivity (Wildman–Crippen MR) is 151 cm³/mol. The molecule has 0 aliphatic carbocycles. The van der Waals surface area contributed by atoms with E-state index in [1.165, 1.54) is 0 Å². The van der Waals surface area contributed by atoms with Crippen LogP contribution in [-0.4, -0.2) is 78.6 Å². The molecular weight excluding hydrogens is 500 g/mol. The number of aromatic nitrogens is 2. The third-order valence-corrected chi connectivity index (χ3v) is 6.66. The summed E-state index contributed by atoms with van der Waals surface area (Å²) in [4.78, 5) is 27.7. The van der Waals surface area contributed by atoms with Crippen molar-refractivity contribution in [1.29, 1.82) is 5.41 Å². The van der Waals surface area contributed by atoms with Crippen LogP contribution in [0.4, 0.5) is 20.2 Å². The standard InChI is InChI=1S/C29H35F2N7O/c1-36(2)19-24-7-6-23(17-34-24)35-28(39)27(32)25-14-21(5-8-26(25)37(3)4)22-13-20(15-33-16-22)18-38-11-9-29(30,31)10-12-38/h5-8,13-17,32H,9-12,18-19H2,1-4H3,(H,35,39). The van der Waals surface area contributed by atoms with E-state index in [1.54, 1.807) is 24.7 Å². The van der Waals surface area contributed by atoms with Gasteiger partial charge in [-0.2, -0.15) is 0 Å². The van der Waals surface area contributed by atoms with Gasteiger partial charge < -0.3 is 15.1 Å². The fourth-order valence-electron chi connectivity index (χ4n) is 4.57. The molecule has 0 spiro atoms. The van der Waals surface area contributed by atoms with Crippen molar-refractivity contribution in [1.82, 2.24) is 19.8 Å². The first-order valence-corrected chi connectivity index (χ1v) is 12.9. The second kappa shape index (κ2) is 12.0. The highest BCUT2D eigenvalue weighted by atomic mass is 19.3. The molecule has 0 saturated carbocycles. The molecule has 1 aliphatic rings. The summed E-state index contributed by atoms with van der Waals surface area (Å²) >= 11 is 0. The van der Waals surface area contributed by atoms with Crippen LogP contribution in [0.5, 0.6) is 0 Å². The van der Waals surface area contributed by atoms with E-state index in [9.17, 15) is 13.6 Å². The zero-order valence-corrected chi connectivity index (χ0v) is 22.8. The highest BCUT2D eigenvalue weighted by Crippen LogP contribution is 2.30. The van der Waals surface area contributed by atoms with Gasteiger partial charge in [0.1, 0.15) is 5.71 Å². The fourth-order valence-corrected chi connectivity index (χ4v) is 4.57. The van der Waals surface area contributed by atoms with Crippen molar-refractivity contribution in [2.75, 3.05) is 51.5 Å². The van der Waals surface area contributed by atoms with Gasteiger partial charge >= 0.3 is 0 Å². The molecule has 1 amide bonds. The van der Waals surface area contributed by atoms with E-state index in [4.69, 9.17) is 5.41 Å². The van der Waals surface area contributed by atoms with Gasteiger partial charge in [-0.05, 0) is 55.6 Å². The number of hydrogen-bond donors (Lipinski definition) is 2. The number of alkyl halides is 2. The van der Waals surface area contributed by atoms with Gasteiger partial charge in [0.2, 0.25) is 0 Å². The largest absolute Gasteiger partial charge is 0.377 e. The zero-order valence-electron chi connectivity index (χ0n) is 22.8. The summed E-state index contributed by atoms with van der Waals surface area (Å²) in [6, 6.07) is 11.2. The lowest BCUT2D eigenvalue weighted by atomic mass is 9.98. The van der Waals surface area contributed by atoms with Gasteiger partial charge in [0.15, 0.2) is 0 Å². The number of carbonyl (C=O) groups excluding carboxylic acids is 1. The topological polar surface area (TPSA) is 88.5 Å². The fraction of sp³-hybridized carbons (Fsp3) is 0.379. The van der Waals surface area contributed by atoms with Crippen LogP contribution >= 0.6 is 0 Å². The molecule has 0 bridgehead atoms. The number of carbonyl (C=O) groups is 1. The number of nitrogens with zero attached hydrogens (tertiary/aromatic N) is 5. The Kier molecular flexibility index (Phi) is 8.66. The van der Waals surface area contributed by atoms with Gasteiger partial charge in [0.05, 0.1) is 17.6 Å². The Morgan fingerprint density at radius 2 is 1.77 bits per heavy atom. The number of anilines is 2. The molecule has 1 aliphatic heterocycles. The van der Waals surface area contributed by atoms with Crippen LogP contribution in [0.15, 0.2) is 55.0 Å². The summed E-state index contributed by atoms with van der Waals surface area (Å²) in [5.41, 5.74) is 5.00. The Bertz CT molecular complexity index is 1320. The number of hydrogen-bond acceptors (Lipinski definition) is 7. The Morgan fingerprint density at radius 1 is 1.03 bits per heavy atom. The van der Waals surface area contributed by atoms with Gasteiger partial charge in [-0.3, -0.25) is 25.1 Å². The monoisotopic (exact) mass is 535 g/mol. The zero-order chi connectivity index (χ0) is 28.2. The molecule has 1 aromatic carbocycles. The molecule has 3 heterocycles. The quantitative estimate of drug-likeness (QED) is 0.392. The molecule has 0 atom stereocenters. The highest BCUT2D eigenvalue weighted by molar-refractivity contribution is 6.48. The average Bonchev–Trinajstić information content (AvgIpc) is 2.90. The molecule has 206 valence electrons. The summed E-state index contributed by atoms with van der Waals surface area (Å²) in [6.45, 7) is 1.92. The molecule has 39 heavy (non-hydrogen) atoms. The first-order chi connectivity index (χ1) is 18.5. The van der Waals surface area contributed by atoms with Crippen LogP contribution in [0.25, 0.3) is 11.1 Å². The molecule has 2 N–H and O–H groups in total. The summed E-state index contributed by atoms with van der Waals surface area (Å²) in [5, 5.41) is 11.5. The molecule has 4 rings (SSSR count). The van der Waals surface area contributed by atoms with Crippen LogP contribution < -0.4 is 10.2 Å². The molecule has 1 fully saturated rings. The molecule has 0 unspecified atom stereocenters. The number of rotatable bonds is 9. The number of nitrogens with one attached hydrogen (secondary N) is 2. The van der Waals surface area contributed by atoms with E-state index < -0.39 is 11.8 Å². The lowest BCUT2D eigenvalue weighted by Gasteiger charge is -2.31. The Labute approximate surface area is 228 Å². The Hall–Kier alpha value is -3.76. The highest BCUT2D eigenvalue weighted by Gasteiger charge is 2.33. The van der Waals surface area contributed by atoms with E-state index in [1.807, 2.05) is 73.2 Å². The minimum atomic E-state index is -2.58. The van der Waals surface area contributed by atoms with Crippen molar-refractivity contribution < 1.29 is 13.6 Å². The summed E-state index contributed by atoms with van der Waals surface area (Å²) < 4.78 is 27.1. The second-order valence-electron chi connectivity index (χ2n) is 10.4. The van der Waals surface area contributed by atoms with Gasteiger partial charge in [-0.25, -0.2) is 8.78 Å². The van der Waals surface area contributed by atoms with Crippen molar-refractivity contribution in [2.24, 2.45) is 0 Å². The Balaban J connectivity index is 1.52. The Morgan fingerprint density at radius 3 is 2.41 bits per heavy atom. The number of halogens is 2. The van der Waals surface area contributed by atoms with Gasteiger partial charge in [0.25, 0.3) is 11.8 Å². The first kappa shape index (κ1) is 28.3. The number of benzene rings is 1. The average molecular weight is 536 g/mol. The number of pyridine rings is 2. The molecule has 3 aromatic rings. The molecule has 0 radical (unpaired) electrons. The van der Waals surface area contributed by atoms with Crippen molar-refractivity contribution in [3.8, 4) is 11.1 Å². The molecule has 2 aromatic heterocycles. The molecule has 10 heteroatoms. The number of likely N-dealkylation sites (tertiary alicyclic amines) is 1. The lowest BCUT2D eigenvalue weighted by Crippen LogP contribution is -2.38. The van der Waals surface area contributed by atoms with Crippen molar-refractivity contribution >= 4 is 23.0 Å². The number of amides is 1. The smallest absolute Gasteiger partial charge is 0.274 e. The SMILES string of the molecule is CN(C)Cc1ccc(NC(=O)C(=N)c2cc(-c3cncc(CN4CCC(F)(F)CC4)c3)ccc2N(C)C)cn1. The van der Waals surface area contributed by atoms with E-state index >= 15 is 0 Å². The third kappa shape index (κ3) is 7.42. The van der Waals surface area contributed by atoms with Crippen molar-refractivity contribution in [3.63, 3.8) is 0 Å². The van der Waals surface area contributed by atoms with Gasteiger partial charge in [0, 0.05) is 82.3 Å². The molecular formula is C29H35F2N7O. The van der Waals surface area contributed by atoms with Crippen LogP contribution in [0.1, 0.15) is 29.7 Å². The van der Waals surface area contributed by atoms with Crippen molar-refractivity contribution in [3.05, 3.63) is 71.8 Å². The first-order valence-electron chi connectivity index (χ1n) is 12.9. The normalized spacial score (nSPS) is 15.3. The predicted octanol–water partition coefficient (Wildman–Crippen LogP) is 4.51. The lowest BCUT2D eigenvalue weighted by molar-refractivity contribution is -0.110. The third-order valence-electron chi connectivity index (χ3n) is 6.66. The van der Waals surface area contributed by atoms with Gasteiger partial charge in [-0.1, -0.05) is 6.07 Å². The maximum Gasteiger partial charge on any atom is 0.274 e.